The second kappa shape index (κ2) is 8.68. The second-order valence-electron chi connectivity index (χ2n) is 7.58. The van der Waals surface area contributed by atoms with Gasteiger partial charge in [0.25, 0.3) is 0 Å². The molecule has 4 nitrogen and oxygen atoms in total. The third-order valence-electron chi connectivity index (χ3n) is 5.30. The molecular weight excluding hydrogens is 400 g/mol. The SMILES string of the molecule is CC(=O)c1ccccc1-c1ccc2c(c1)C[C@H](CNC(=O)Cc1cc(F)ccc1F)O2. The normalized spacial score (nSPS) is 14.6. The maximum Gasteiger partial charge on any atom is 0.224 e. The molecule has 0 saturated heterocycles. The van der Waals surface area contributed by atoms with Crippen molar-refractivity contribution in [2.45, 2.75) is 25.9 Å². The Morgan fingerprint density at radius 3 is 2.68 bits per heavy atom. The number of halogens is 2. The van der Waals surface area contributed by atoms with Crippen molar-refractivity contribution >= 4 is 11.7 Å². The van der Waals surface area contributed by atoms with Crippen LogP contribution in [0.3, 0.4) is 0 Å². The number of fused-ring (bicyclic) bond motifs is 1. The lowest BCUT2D eigenvalue weighted by molar-refractivity contribution is -0.120. The molecule has 1 atom stereocenters. The van der Waals surface area contributed by atoms with Crippen molar-refractivity contribution in [1.82, 2.24) is 5.32 Å². The number of hydrogen-bond acceptors (Lipinski definition) is 3. The molecule has 1 heterocycles. The van der Waals surface area contributed by atoms with E-state index in [0.717, 1.165) is 40.6 Å². The first kappa shape index (κ1) is 20.7. The molecular formula is C25H21F2NO3. The summed E-state index contributed by atoms with van der Waals surface area (Å²) in [4.78, 5) is 24.1. The minimum atomic E-state index is -0.612. The standard InChI is InChI=1S/C25H21F2NO3/c1-15(29)21-4-2-3-5-22(21)16-6-9-24-18(10-16)12-20(31-24)14-28-25(30)13-17-11-19(26)7-8-23(17)27/h2-11,20H,12-14H2,1H3,(H,28,30)/t20-/m1/s1. The average Bonchev–Trinajstić information content (AvgIpc) is 3.17. The maximum atomic E-state index is 13.7. The lowest BCUT2D eigenvalue weighted by Crippen LogP contribution is -2.35. The molecule has 0 radical (unpaired) electrons. The van der Waals surface area contributed by atoms with Gasteiger partial charge in [0.1, 0.15) is 23.5 Å². The largest absolute Gasteiger partial charge is 0.488 e. The molecule has 4 rings (SSSR count). The van der Waals surface area contributed by atoms with Crippen molar-refractivity contribution < 1.29 is 23.1 Å². The van der Waals surface area contributed by atoms with Crippen molar-refractivity contribution in [1.29, 1.82) is 0 Å². The highest BCUT2D eigenvalue weighted by molar-refractivity contribution is 6.00. The average molecular weight is 421 g/mol. The van der Waals surface area contributed by atoms with E-state index in [1.54, 1.807) is 13.0 Å². The number of Topliss-reactive ketones (excluding diaryl/α,β-unsaturated/α-hetero) is 1. The molecule has 158 valence electrons. The molecule has 1 aliphatic rings. The van der Waals surface area contributed by atoms with Gasteiger partial charge in [0, 0.05) is 17.5 Å². The smallest absolute Gasteiger partial charge is 0.224 e. The molecule has 1 amide bonds. The summed E-state index contributed by atoms with van der Waals surface area (Å²) in [7, 11) is 0. The number of ether oxygens (including phenoxy) is 1. The highest BCUT2D eigenvalue weighted by Crippen LogP contribution is 2.34. The summed E-state index contributed by atoms with van der Waals surface area (Å²) in [6, 6.07) is 16.3. The number of rotatable bonds is 6. The molecule has 0 saturated carbocycles. The van der Waals surface area contributed by atoms with Crippen LogP contribution in [0.25, 0.3) is 11.1 Å². The summed E-state index contributed by atoms with van der Waals surface area (Å²) in [6.45, 7) is 1.80. The molecule has 1 N–H and O–H groups in total. The Hall–Kier alpha value is -3.54. The predicted molar refractivity (Wildman–Crippen MR) is 113 cm³/mol. The van der Waals surface area contributed by atoms with Crippen molar-refractivity contribution in [2.24, 2.45) is 0 Å². The lowest BCUT2D eigenvalue weighted by Gasteiger charge is -2.12. The zero-order chi connectivity index (χ0) is 22.0. The summed E-state index contributed by atoms with van der Waals surface area (Å²) in [6.07, 6.45) is 0.101. The van der Waals surface area contributed by atoms with E-state index in [2.05, 4.69) is 5.32 Å². The van der Waals surface area contributed by atoms with Gasteiger partial charge < -0.3 is 10.1 Å². The molecule has 0 bridgehead atoms. The van der Waals surface area contributed by atoms with Gasteiger partial charge in [0.15, 0.2) is 5.78 Å². The van der Waals surface area contributed by atoms with Crippen LogP contribution in [0, 0.1) is 11.6 Å². The molecule has 0 unspecified atom stereocenters. The molecule has 0 spiro atoms. The van der Waals surface area contributed by atoms with Gasteiger partial charge in [-0.2, -0.15) is 0 Å². The number of carbonyl (C=O) groups is 2. The van der Waals surface area contributed by atoms with Crippen LogP contribution < -0.4 is 10.1 Å². The van der Waals surface area contributed by atoms with Gasteiger partial charge in [-0.3, -0.25) is 9.59 Å². The Morgan fingerprint density at radius 2 is 1.87 bits per heavy atom. The summed E-state index contributed by atoms with van der Waals surface area (Å²) in [5.41, 5.74) is 3.47. The molecule has 1 aliphatic heterocycles. The Balaban J connectivity index is 1.40. The molecule has 31 heavy (non-hydrogen) atoms. The van der Waals surface area contributed by atoms with Crippen molar-refractivity contribution in [3.05, 3.63) is 89.0 Å². The van der Waals surface area contributed by atoms with Gasteiger partial charge in [-0.1, -0.05) is 30.3 Å². The molecule has 0 aliphatic carbocycles. The molecule has 0 aromatic heterocycles. The fourth-order valence-electron chi connectivity index (χ4n) is 3.79. The number of amides is 1. The Morgan fingerprint density at radius 1 is 1.06 bits per heavy atom. The van der Waals surface area contributed by atoms with Gasteiger partial charge >= 0.3 is 0 Å². The molecule has 0 fully saturated rings. The van der Waals surface area contributed by atoms with E-state index in [9.17, 15) is 18.4 Å². The van der Waals surface area contributed by atoms with Gasteiger partial charge in [-0.15, -0.1) is 0 Å². The zero-order valence-electron chi connectivity index (χ0n) is 17.0. The third-order valence-corrected chi connectivity index (χ3v) is 5.30. The zero-order valence-corrected chi connectivity index (χ0v) is 17.0. The van der Waals surface area contributed by atoms with Crippen LogP contribution >= 0.6 is 0 Å². The van der Waals surface area contributed by atoms with Crippen LogP contribution in [0.2, 0.25) is 0 Å². The summed E-state index contributed by atoms with van der Waals surface area (Å²) in [5.74, 6) is -0.859. The predicted octanol–water partition coefficient (Wildman–Crippen LogP) is 4.50. The van der Waals surface area contributed by atoms with E-state index < -0.39 is 17.5 Å². The van der Waals surface area contributed by atoms with E-state index in [1.165, 1.54) is 0 Å². The highest BCUT2D eigenvalue weighted by Gasteiger charge is 2.24. The van der Waals surface area contributed by atoms with E-state index >= 15 is 0 Å². The van der Waals surface area contributed by atoms with E-state index in [0.29, 0.717) is 12.0 Å². The van der Waals surface area contributed by atoms with Gasteiger partial charge in [0.05, 0.1) is 13.0 Å². The molecule has 6 heteroatoms. The monoisotopic (exact) mass is 421 g/mol. The quantitative estimate of drug-likeness (QED) is 0.597. The Kier molecular flexibility index (Phi) is 5.80. The topological polar surface area (TPSA) is 55.4 Å². The molecule has 3 aromatic carbocycles. The number of nitrogens with one attached hydrogen (secondary N) is 1. The van der Waals surface area contributed by atoms with Gasteiger partial charge in [-0.25, -0.2) is 8.78 Å². The number of benzene rings is 3. The minimum Gasteiger partial charge on any atom is -0.488 e. The Bertz CT molecular complexity index is 1160. The number of ketones is 1. The van der Waals surface area contributed by atoms with E-state index in [1.807, 2.05) is 36.4 Å². The van der Waals surface area contributed by atoms with Crippen LogP contribution in [0.1, 0.15) is 28.4 Å². The lowest BCUT2D eigenvalue weighted by atomic mass is 9.95. The maximum absolute atomic E-state index is 13.7. The van der Waals surface area contributed by atoms with E-state index in [4.69, 9.17) is 4.74 Å². The van der Waals surface area contributed by atoms with Gasteiger partial charge in [-0.05, 0) is 53.9 Å². The Labute approximate surface area is 178 Å². The number of carbonyl (C=O) groups excluding carboxylic acids is 2. The van der Waals surface area contributed by atoms with Crippen molar-refractivity contribution in [3.63, 3.8) is 0 Å². The van der Waals surface area contributed by atoms with Crippen LogP contribution in [-0.2, 0) is 17.6 Å². The second-order valence-corrected chi connectivity index (χ2v) is 7.58. The van der Waals surface area contributed by atoms with Crippen LogP contribution in [0.5, 0.6) is 5.75 Å². The fourth-order valence-corrected chi connectivity index (χ4v) is 3.79. The fraction of sp³-hybridized carbons (Fsp3) is 0.200. The van der Waals surface area contributed by atoms with Crippen LogP contribution in [-0.4, -0.2) is 24.3 Å². The van der Waals surface area contributed by atoms with Gasteiger partial charge in [0.2, 0.25) is 5.91 Å². The van der Waals surface area contributed by atoms with Crippen molar-refractivity contribution in [2.75, 3.05) is 6.54 Å². The molecule has 3 aromatic rings. The van der Waals surface area contributed by atoms with Crippen molar-refractivity contribution in [3.8, 4) is 16.9 Å². The number of hydrogen-bond donors (Lipinski definition) is 1. The first-order valence-corrected chi connectivity index (χ1v) is 10.0. The summed E-state index contributed by atoms with van der Waals surface area (Å²) in [5, 5.41) is 2.73. The summed E-state index contributed by atoms with van der Waals surface area (Å²) < 4.78 is 32.9. The highest BCUT2D eigenvalue weighted by atomic mass is 19.1. The summed E-state index contributed by atoms with van der Waals surface area (Å²) >= 11 is 0. The van der Waals surface area contributed by atoms with E-state index in [-0.39, 0.29) is 30.4 Å². The third kappa shape index (κ3) is 4.63. The first-order chi connectivity index (χ1) is 14.9. The first-order valence-electron chi connectivity index (χ1n) is 10.0. The minimum absolute atomic E-state index is 0.00247. The van der Waals surface area contributed by atoms with Crippen LogP contribution in [0.4, 0.5) is 8.78 Å². The van der Waals surface area contributed by atoms with Crippen LogP contribution in [0.15, 0.2) is 60.7 Å².